The van der Waals surface area contributed by atoms with Gasteiger partial charge in [0.2, 0.25) is 0 Å². The van der Waals surface area contributed by atoms with Crippen LogP contribution in [0, 0.1) is 11.3 Å². The first-order valence-corrected chi connectivity index (χ1v) is 5.99. The highest BCUT2D eigenvalue weighted by Gasteiger charge is 2.03. The molecule has 3 nitrogen and oxygen atoms in total. The molecule has 0 N–H and O–H groups in total. The molecule has 0 aliphatic rings. The van der Waals surface area contributed by atoms with Crippen LogP contribution in [-0.2, 0) is 10.8 Å². The van der Waals surface area contributed by atoms with Crippen LogP contribution in [0.15, 0.2) is 29.2 Å². The Morgan fingerprint density at radius 3 is 2.60 bits per heavy atom. The minimum atomic E-state index is -1.00. The number of rotatable bonds is 5. The summed E-state index contributed by atoms with van der Waals surface area (Å²) < 4.78 is 16.7. The zero-order chi connectivity index (χ0) is 11.1. The average molecular weight is 223 g/mol. The van der Waals surface area contributed by atoms with E-state index in [4.69, 9.17) is 10.00 Å². The van der Waals surface area contributed by atoms with Gasteiger partial charge in [-0.1, -0.05) is 0 Å². The SMILES string of the molecule is COc1ccc(S(=O)CCCC#N)cc1. The number of benzene rings is 1. The first-order valence-electron chi connectivity index (χ1n) is 4.67. The third-order valence-corrected chi connectivity index (χ3v) is 3.40. The van der Waals surface area contributed by atoms with E-state index < -0.39 is 10.8 Å². The largest absolute Gasteiger partial charge is 0.497 e. The van der Waals surface area contributed by atoms with Gasteiger partial charge in [0.1, 0.15) is 5.75 Å². The molecule has 0 saturated carbocycles. The molecule has 4 heteroatoms. The van der Waals surface area contributed by atoms with Crippen molar-refractivity contribution in [2.75, 3.05) is 12.9 Å². The molecule has 0 fully saturated rings. The summed E-state index contributed by atoms with van der Waals surface area (Å²) in [5.74, 6) is 1.30. The topological polar surface area (TPSA) is 50.1 Å². The van der Waals surface area contributed by atoms with Crippen molar-refractivity contribution in [3.8, 4) is 11.8 Å². The summed E-state index contributed by atoms with van der Waals surface area (Å²) in [4.78, 5) is 0.786. The second-order valence-electron chi connectivity index (χ2n) is 2.99. The van der Waals surface area contributed by atoms with E-state index in [0.717, 1.165) is 10.6 Å². The predicted octanol–water partition coefficient (Wildman–Crippen LogP) is 2.11. The van der Waals surface area contributed by atoms with E-state index in [1.165, 1.54) is 0 Å². The minimum absolute atomic E-state index is 0.460. The van der Waals surface area contributed by atoms with E-state index in [-0.39, 0.29) is 0 Å². The first kappa shape index (κ1) is 11.7. The van der Waals surface area contributed by atoms with Crippen molar-refractivity contribution < 1.29 is 8.95 Å². The van der Waals surface area contributed by atoms with E-state index in [1.807, 2.05) is 6.07 Å². The number of unbranched alkanes of at least 4 members (excludes halogenated alkanes) is 1. The molecular formula is C11H13NO2S. The molecule has 0 spiro atoms. The normalized spacial score (nSPS) is 11.7. The van der Waals surface area contributed by atoms with Crippen LogP contribution < -0.4 is 4.74 Å². The molecule has 0 aromatic heterocycles. The van der Waals surface area contributed by atoms with Crippen LogP contribution in [0.5, 0.6) is 5.75 Å². The smallest absolute Gasteiger partial charge is 0.118 e. The average Bonchev–Trinajstić information content (AvgIpc) is 2.29. The van der Waals surface area contributed by atoms with Gasteiger partial charge in [0.15, 0.2) is 0 Å². The molecule has 80 valence electrons. The Balaban J connectivity index is 2.55. The zero-order valence-electron chi connectivity index (χ0n) is 8.60. The zero-order valence-corrected chi connectivity index (χ0v) is 9.42. The van der Waals surface area contributed by atoms with Gasteiger partial charge in [0.05, 0.1) is 24.0 Å². The molecule has 1 unspecified atom stereocenters. The van der Waals surface area contributed by atoms with Gasteiger partial charge in [-0.2, -0.15) is 5.26 Å². The highest BCUT2D eigenvalue weighted by molar-refractivity contribution is 7.85. The Kier molecular flexibility index (Phi) is 4.85. The van der Waals surface area contributed by atoms with Gasteiger partial charge >= 0.3 is 0 Å². The molecule has 0 aliphatic carbocycles. The summed E-state index contributed by atoms with van der Waals surface area (Å²) in [7, 11) is 0.594. The lowest BCUT2D eigenvalue weighted by Gasteiger charge is -2.02. The molecule has 1 atom stereocenters. The third kappa shape index (κ3) is 3.72. The van der Waals surface area contributed by atoms with Crippen molar-refractivity contribution >= 4 is 10.8 Å². The standard InChI is InChI=1S/C11H13NO2S/c1-14-10-4-6-11(7-5-10)15(13)9-3-2-8-12/h4-7H,2-3,9H2,1H3. The maximum atomic E-state index is 11.7. The molecule has 0 saturated heterocycles. The lowest BCUT2D eigenvalue weighted by molar-refractivity contribution is 0.414. The van der Waals surface area contributed by atoms with Crippen molar-refractivity contribution in [2.24, 2.45) is 0 Å². The lowest BCUT2D eigenvalue weighted by Crippen LogP contribution is -1.97. The fourth-order valence-corrected chi connectivity index (χ4v) is 2.21. The highest BCUT2D eigenvalue weighted by Crippen LogP contribution is 2.14. The molecule has 0 bridgehead atoms. The Morgan fingerprint density at radius 1 is 1.40 bits per heavy atom. The Labute approximate surface area is 92.1 Å². The van der Waals surface area contributed by atoms with E-state index in [0.29, 0.717) is 18.6 Å². The number of nitrogens with zero attached hydrogens (tertiary/aromatic N) is 1. The van der Waals surface area contributed by atoms with E-state index in [9.17, 15) is 4.21 Å². The second-order valence-corrected chi connectivity index (χ2v) is 4.56. The molecule has 15 heavy (non-hydrogen) atoms. The van der Waals surface area contributed by atoms with Crippen LogP contribution in [-0.4, -0.2) is 17.1 Å². The minimum Gasteiger partial charge on any atom is -0.497 e. The van der Waals surface area contributed by atoms with Crippen molar-refractivity contribution in [3.05, 3.63) is 24.3 Å². The molecule has 0 amide bonds. The van der Waals surface area contributed by atoms with Crippen molar-refractivity contribution in [1.29, 1.82) is 5.26 Å². The monoisotopic (exact) mass is 223 g/mol. The maximum Gasteiger partial charge on any atom is 0.118 e. The van der Waals surface area contributed by atoms with Crippen molar-refractivity contribution in [1.82, 2.24) is 0 Å². The Morgan fingerprint density at radius 2 is 2.07 bits per heavy atom. The summed E-state index contributed by atoms with van der Waals surface area (Å²) in [5, 5.41) is 8.35. The number of ether oxygens (including phenoxy) is 1. The van der Waals surface area contributed by atoms with Crippen LogP contribution in [0.3, 0.4) is 0 Å². The predicted molar refractivity (Wildman–Crippen MR) is 59.1 cm³/mol. The Hall–Kier alpha value is -1.34. The lowest BCUT2D eigenvalue weighted by atomic mass is 10.3. The number of nitriles is 1. The second kappa shape index (κ2) is 6.20. The highest BCUT2D eigenvalue weighted by atomic mass is 32.2. The molecule has 0 radical (unpaired) electrons. The van der Waals surface area contributed by atoms with E-state index in [1.54, 1.807) is 31.4 Å². The van der Waals surface area contributed by atoms with Crippen LogP contribution in [0.2, 0.25) is 0 Å². The molecule has 0 aliphatic heterocycles. The number of hydrogen-bond acceptors (Lipinski definition) is 3. The van der Waals surface area contributed by atoms with Gasteiger partial charge in [-0.15, -0.1) is 0 Å². The van der Waals surface area contributed by atoms with Gasteiger partial charge in [0, 0.05) is 17.1 Å². The molecule has 1 aromatic rings. The van der Waals surface area contributed by atoms with Gasteiger partial charge in [-0.05, 0) is 30.7 Å². The number of methoxy groups -OCH3 is 1. The summed E-state index contributed by atoms with van der Waals surface area (Å²) >= 11 is 0. The van der Waals surface area contributed by atoms with Crippen molar-refractivity contribution in [3.63, 3.8) is 0 Å². The molecule has 1 aromatic carbocycles. The van der Waals surface area contributed by atoms with E-state index in [2.05, 4.69) is 0 Å². The van der Waals surface area contributed by atoms with Gasteiger partial charge < -0.3 is 4.74 Å². The molecule has 0 heterocycles. The van der Waals surface area contributed by atoms with Crippen LogP contribution in [0.1, 0.15) is 12.8 Å². The van der Waals surface area contributed by atoms with Crippen LogP contribution in [0.25, 0.3) is 0 Å². The van der Waals surface area contributed by atoms with Gasteiger partial charge in [-0.25, -0.2) is 0 Å². The third-order valence-electron chi connectivity index (χ3n) is 1.94. The van der Waals surface area contributed by atoms with Crippen molar-refractivity contribution in [2.45, 2.75) is 17.7 Å². The quantitative estimate of drug-likeness (QED) is 0.718. The molecule has 1 rings (SSSR count). The molecular weight excluding hydrogens is 210 g/mol. The van der Waals surface area contributed by atoms with Gasteiger partial charge in [0.25, 0.3) is 0 Å². The van der Waals surface area contributed by atoms with Crippen LogP contribution >= 0.6 is 0 Å². The Bertz CT molecular complexity index is 367. The van der Waals surface area contributed by atoms with E-state index >= 15 is 0 Å². The summed E-state index contributed by atoms with van der Waals surface area (Å²) in [6, 6.07) is 9.20. The maximum absolute atomic E-state index is 11.7. The first-order chi connectivity index (χ1) is 7.27. The fourth-order valence-electron chi connectivity index (χ4n) is 1.13. The van der Waals surface area contributed by atoms with Gasteiger partial charge in [-0.3, -0.25) is 4.21 Å². The van der Waals surface area contributed by atoms with Crippen LogP contribution in [0.4, 0.5) is 0 Å². The fraction of sp³-hybridized carbons (Fsp3) is 0.364. The summed E-state index contributed by atoms with van der Waals surface area (Å²) in [5.41, 5.74) is 0. The number of hydrogen-bond donors (Lipinski definition) is 0. The summed E-state index contributed by atoms with van der Waals surface area (Å²) in [6.45, 7) is 0. The summed E-state index contributed by atoms with van der Waals surface area (Å²) in [6.07, 6.45) is 1.14.